The fraction of sp³-hybridized carbons (Fsp3) is 0.480. The molecule has 6 heteroatoms. The highest BCUT2D eigenvalue weighted by atomic mass is 16.5. The van der Waals surface area contributed by atoms with Gasteiger partial charge in [-0.25, -0.2) is 0 Å². The Hall–Kier alpha value is -2.73. The standard InChI is InChI=1S/C25H29N3O3/c29-23(27-13-15-31-16-14-27)17-20-18-25(22-4-2-1-3-21(20)22)7-11-28(12-8-25)24(30)19-5-9-26-10-6-19/h1-6,9-10,20H,7-8,11-18H2/t20-/m1/s1. The van der Waals surface area contributed by atoms with Gasteiger partial charge in [-0.3, -0.25) is 14.6 Å². The maximum absolute atomic E-state index is 12.9. The predicted molar refractivity (Wildman–Crippen MR) is 117 cm³/mol. The summed E-state index contributed by atoms with van der Waals surface area (Å²) in [5.41, 5.74) is 3.50. The second kappa shape index (κ2) is 8.42. The van der Waals surface area contributed by atoms with Gasteiger partial charge in [0, 0.05) is 50.6 Å². The van der Waals surface area contributed by atoms with Crippen molar-refractivity contribution in [3.63, 3.8) is 0 Å². The Morgan fingerprint density at radius 1 is 0.968 bits per heavy atom. The number of piperidine rings is 1. The van der Waals surface area contributed by atoms with Crippen molar-refractivity contribution in [3.8, 4) is 0 Å². The van der Waals surface area contributed by atoms with E-state index in [4.69, 9.17) is 4.74 Å². The smallest absolute Gasteiger partial charge is 0.253 e. The molecule has 0 N–H and O–H groups in total. The van der Waals surface area contributed by atoms with Crippen LogP contribution in [0.25, 0.3) is 0 Å². The SMILES string of the molecule is O=C(C[C@@H]1CC2(CCN(C(=O)c3ccncc3)CC2)c2ccccc21)N1CCOCC1. The van der Waals surface area contributed by atoms with Gasteiger partial charge in [-0.05, 0) is 53.9 Å². The van der Waals surface area contributed by atoms with Gasteiger partial charge in [0.15, 0.2) is 0 Å². The zero-order valence-electron chi connectivity index (χ0n) is 17.8. The van der Waals surface area contributed by atoms with E-state index in [0.29, 0.717) is 38.3 Å². The molecule has 3 heterocycles. The quantitative estimate of drug-likeness (QED) is 0.767. The molecule has 2 fully saturated rings. The molecule has 2 saturated heterocycles. The number of nitrogens with zero attached hydrogens (tertiary/aromatic N) is 3. The van der Waals surface area contributed by atoms with Crippen LogP contribution < -0.4 is 0 Å². The van der Waals surface area contributed by atoms with Crippen LogP contribution in [0.3, 0.4) is 0 Å². The van der Waals surface area contributed by atoms with Gasteiger partial charge < -0.3 is 14.5 Å². The Labute approximate surface area is 183 Å². The van der Waals surface area contributed by atoms with E-state index in [1.54, 1.807) is 24.5 Å². The molecule has 162 valence electrons. The predicted octanol–water partition coefficient (Wildman–Crippen LogP) is 2.99. The maximum Gasteiger partial charge on any atom is 0.253 e. The number of hydrogen-bond donors (Lipinski definition) is 0. The molecule has 3 aliphatic rings. The molecule has 1 aromatic heterocycles. The van der Waals surface area contributed by atoms with Crippen LogP contribution in [0.1, 0.15) is 53.1 Å². The first kappa shape index (κ1) is 20.2. The molecule has 1 aromatic carbocycles. The van der Waals surface area contributed by atoms with Gasteiger partial charge in [0.1, 0.15) is 0 Å². The van der Waals surface area contributed by atoms with Crippen LogP contribution in [0.4, 0.5) is 0 Å². The van der Waals surface area contributed by atoms with Crippen molar-refractivity contribution >= 4 is 11.8 Å². The second-order valence-corrected chi connectivity index (χ2v) is 8.99. The number of morpholine rings is 1. The van der Waals surface area contributed by atoms with E-state index in [-0.39, 0.29) is 23.1 Å². The number of amides is 2. The highest BCUT2D eigenvalue weighted by Crippen LogP contribution is 2.52. The fourth-order valence-corrected chi connectivity index (χ4v) is 5.65. The minimum atomic E-state index is 0.0710. The molecule has 1 spiro atoms. The number of likely N-dealkylation sites (tertiary alicyclic amines) is 1. The number of carbonyl (C=O) groups is 2. The minimum Gasteiger partial charge on any atom is -0.378 e. The van der Waals surface area contributed by atoms with Gasteiger partial charge in [-0.15, -0.1) is 0 Å². The third-order valence-corrected chi connectivity index (χ3v) is 7.33. The molecule has 1 atom stereocenters. The van der Waals surface area contributed by atoms with Crippen LogP contribution in [0.15, 0.2) is 48.8 Å². The third kappa shape index (κ3) is 3.85. The molecule has 2 aromatic rings. The molecule has 1 aliphatic carbocycles. The van der Waals surface area contributed by atoms with E-state index < -0.39 is 0 Å². The summed E-state index contributed by atoms with van der Waals surface area (Å²) in [4.78, 5) is 33.7. The fourth-order valence-electron chi connectivity index (χ4n) is 5.65. The molecule has 0 saturated carbocycles. The van der Waals surface area contributed by atoms with Gasteiger partial charge in [-0.2, -0.15) is 0 Å². The maximum atomic E-state index is 12.9. The summed E-state index contributed by atoms with van der Waals surface area (Å²) in [5, 5.41) is 0. The van der Waals surface area contributed by atoms with Crippen molar-refractivity contribution in [2.45, 2.75) is 37.0 Å². The lowest BCUT2D eigenvalue weighted by molar-refractivity contribution is -0.135. The highest BCUT2D eigenvalue weighted by Gasteiger charge is 2.46. The van der Waals surface area contributed by atoms with Crippen LogP contribution in [0, 0.1) is 0 Å². The topological polar surface area (TPSA) is 62.7 Å². The van der Waals surface area contributed by atoms with Gasteiger partial charge in [0.2, 0.25) is 5.91 Å². The lowest BCUT2D eigenvalue weighted by atomic mass is 9.73. The minimum absolute atomic E-state index is 0.0710. The van der Waals surface area contributed by atoms with Crippen molar-refractivity contribution < 1.29 is 14.3 Å². The van der Waals surface area contributed by atoms with Crippen molar-refractivity contribution in [2.75, 3.05) is 39.4 Å². The lowest BCUT2D eigenvalue weighted by Crippen LogP contribution is -2.44. The van der Waals surface area contributed by atoms with Crippen LogP contribution in [-0.2, 0) is 14.9 Å². The number of pyridine rings is 1. The Balaban J connectivity index is 1.30. The summed E-state index contributed by atoms with van der Waals surface area (Å²) >= 11 is 0. The van der Waals surface area contributed by atoms with E-state index >= 15 is 0 Å². The summed E-state index contributed by atoms with van der Waals surface area (Å²) in [6.45, 7) is 4.17. The second-order valence-electron chi connectivity index (χ2n) is 8.99. The number of ether oxygens (including phenoxy) is 1. The molecule has 5 rings (SSSR count). The molecule has 2 amide bonds. The Morgan fingerprint density at radius 3 is 2.42 bits per heavy atom. The molecular formula is C25H29N3O3. The first-order chi connectivity index (χ1) is 15.2. The van der Waals surface area contributed by atoms with Crippen LogP contribution in [0.2, 0.25) is 0 Å². The molecule has 31 heavy (non-hydrogen) atoms. The largest absolute Gasteiger partial charge is 0.378 e. The van der Waals surface area contributed by atoms with Gasteiger partial charge in [0.25, 0.3) is 5.91 Å². The summed E-state index contributed by atoms with van der Waals surface area (Å²) in [5.74, 6) is 0.585. The Bertz CT molecular complexity index is 947. The number of hydrogen-bond acceptors (Lipinski definition) is 4. The Kier molecular flexibility index (Phi) is 5.48. The summed E-state index contributed by atoms with van der Waals surface area (Å²) in [7, 11) is 0. The summed E-state index contributed by atoms with van der Waals surface area (Å²) in [6, 6.07) is 12.2. The van der Waals surface area contributed by atoms with Crippen molar-refractivity contribution in [1.82, 2.24) is 14.8 Å². The van der Waals surface area contributed by atoms with E-state index in [9.17, 15) is 9.59 Å². The first-order valence-corrected chi connectivity index (χ1v) is 11.3. The molecule has 2 aliphatic heterocycles. The van der Waals surface area contributed by atoms with Gasteiger partial charge in [-0.1, -0.05) is 24.3 Å². The van der Waals surface area contributed by atoms with Crippen LogP contribution >= 0.6 is 0 Å². The molecule has 0 unspecified atom stereocenters. The molecule has 0 bridgehead atoms. The molecule has 0 radical (unpaired) electrons. The average molecular weight is 420 g/mol. The van der Waals surface area contributed by atoms with Gasteiger partial charge >= 0.3 is 0 Å². The zero-order valence-corrected chi connectivity index (χ0v) is 17.8. The zero-order chi connectivity index (χ0) is 21.3. The number of carbonyl (C=O) groups excluding carboxylic acids is 2. The normalized spacial score (nSPS) is 22.4. The van der Waals surface area contributed by atoms with E-state index in [1.165, 1.54) is 11.1 Å². The van der Waals surface area contributed by atoms with E-state index in [1.807, 2.05) is 9.80 Å². The van der Waals surface area contributed by atoms with E-state index in [2.05, 4.69) is 29.2 Å². The highest BCUT2D eigenvalue weighted by molar-refractivity contribution is 5.94. The van der Waals surface area contributed by atoms with E-state index in [0.717, 1.165) is 32.4 Å². The molecule has 6 nitrogen and oxygen atoms in total. The van der Waals surface area contributed by atoms with Crippen molar-refractivity contribution in [1.29, 1.82) is 0 Å². The van der Waals surface area contributed by atoms with Gasteiger partial charge in [0.05, 0.1) is 13.2 Å². The van der Waals surface area contributed by atoms with Crippen molar-refractivity contribution in [3.05, 3.63) is 65.5 Å². The number of benzene rings is 1. The summed E-state index contributed by atoms with van der Waals surface area (Å²) < 4.78 is 5.40. The molecular weight excluding hydrogens is 390 g/mol. The lowest BCUT2D eigenvalue weighted by Gasteiger charge is -2.40. The third-order valence-electron chi connectivity index (χ3n) is 7.33. The summed E-state index contributed by atoms with van der Waals surface area (Å²) in [6.07, 6.45) is 6.80. The monoisotopic (exact) mass is 419 g/mol. The average Bonchev–Trinajstić information content (AvgIpc) is 3.13. The Morgan fingerprint density at radius 2 is 1.68 bits per heavy atom. The van der Waals surface area contributed by atoms with Crippen LogP contribution in [0.5, 0.6) is 0 Å². The van der Waals surface area contributed by atoms with Crippen LogP contribution in [-0.4, -0.2) is 66.0 Å². The number of aromatic nitrogens is 1. The number of fused-ring (bicyclic) bond motifs is 2. The number of rotatable bonds is 3. The van der Waals surface area contributed by atoms with Crippen molar-refractivity contribution in [2.24, 2.45) is 0 Å². The first-order valence-electron chi connectivity index (χ1n) is 11.3.